The largest absolute Gasteiger partial charge is 0.456 e. The zero-order chi connectivity index (χ0) is 18.3. The van der Waals surface area contributed by atoms with Crippen LogP contribution >= 0.6 is 0 Å². The van der Waals surface area contributed by atoms with E-state index in [9.17, 15) is 19.2 Å². The standard InChI is InChI=1S/C16H27N3O5/c1-5-11(6-2)17-12(20)10-24-13(21)8-7-9-19-14(22)16(3,4)18-15(19)23/h11H,5-10H2,1-4H3,(H,17,20)(H,18,23). The fourth-order valence-electron chi connectivity index (χ4n) is 2.38. The maximum atomic E-state index is 12.0. The molecule has 1 rings (SSSR count). The van der Waals surface area contributed by atoms with Crippen LogP contribution in [0.5, 0.6) is 0 Å². The Morgan fingerprint density at radius 2 is 1.88 bits per heavy atom. The third-order valence-electron chi connectivity index (χ3n) is 3.92. The number of hydrogen-bond acceptors (Lipinski definition) is 5. The fraction of sp³-hybridized carbons (Fsp3) is 0.750. The van der Waals surface area contributed by atoms with Crippen molar-refractivity contribution in [3.05, 3.63) is 0 Å². The predicted octanol–water partition coefficient (Wildman–Crippen LogP) is 0.945. The minimum Gasteiger partial charge on any atom is -0.456 e. The summed E-state index contributed by atoms with van der Waals surface area (Å²) in [5.74, 6) is -1.17. The highest BCUT2D eigenvalue weighted by Gasteiger charge is 2.43. The van der Waals surface area contributed by atoms with Gasteiger partial charge in [-0.1, -0.05) is 13.8 Å². The molecule has 0 bridgehead atoms. The van der Waals surface area contributed by atoms with Crippen LogP contribution in [0.2, 0.25) is 0 Å². The van der Waals surface area contributed by atoms with E-state index in [0.717, 1.165) is 17.7 Å². The van der Waals surface area contributed by atoms with Crippen LogP contribution in [-0.2, 0) is 19.1 Å². The van der Waals surface area contributed by atoms with Crippen molar-refractivity contribution in [3.63, 3.8) is 0 Å². The van der Waals surface area contributed by atoms with Crippen molar-refractivity contribution in [2.45, 2.75) is 65.0 Å². The summed E-state index contributed by atoms with van der Waals surface area (Å²) >= 11 is 0. The molecule has 136 valence electrons. The Bertz CT molecular complexity index is 500. The Morgan fingerprint density at radius 3 is 2.38 bits per heavy atom. The lowest BCUT2D eigenvalue weighted by Crippen LogP contribution is -2.40. The number of ether oxygens (including phenoxy) is 1. The summed E-state index contributed by atoms with van der Waals surface area (Å²) in [5.41, 5.74) is -0.912. The summed E-state index contributed by atoms with van der Waals surface area (Å²) in [5, 5.41) is 5.34. The summed E-state index contributed by atoms with van der Waals surface area (Å²) in [4.78, 5) is 48.0. The Kier molecular flexibility index (Phi) is 7.18. The Balaban J connectivity index is 2.26. The van der Waals surface area contributed by atoms with Gasteiger partial charge in [0.15, 0.2) is 6.61 Å². The van der Waals surface area contributed by atoms with Crippen molar-refractivity contribution in [3.8, 4) is 0 Å². The molecule has 1 aliphatic rings. The zero-order valence-electron chi connectivity index (χ0n) is 14.8. The average Bonchev–Trinajstić information content (AvgIpc) is 2.72. The molecule has 1 heterocycles. The van der Waals surface area contributed by atoms with Gasteiger partial charge in [-0.15, -0.1) is 0 Å². The first-order chi connectivity index (χ1) is 11.2. The Hall–Kier alpha value is -2.12. The van der Waals surface area contributed by atoms with Crippen LogP contribution in [0.1, 0.15) is 53.4 Å². The van der Waals surface area contributed by atoms with E-state index >= 15 is 0 Å². The highest BCUT2D eigenvalue weighted by Crippen LogP contribution is 2.17. The smallest absolute Gasteiger partial charge is 0.325 e. The number of carbonyl (C=O) groups excluding carboxylic acids is 4. The third kappa shape index (κ3) is 5.50. The lowest BCUT2D eigenvalue weighted by molar-refractivity contribution is -0.149. The number of esters is 1. The summed E-state index contributed by atoms with van der Waals surface area (Å²) in [6, 6.07) is -0.373. The molecule has 0 unspecified atom stereocenters. The number of rotatable bonds is 9. The molecule has 0 aromatic rings. The summed E-state index contributed by atoms with van der Waals surface area (Å²) in [7, 11) is 0. The van der Waals surface area contributed by atoms with Crippen LogP contribution in [0, 0.1) is 0 Å². The summed E-state index contributed by atoms with van der Waals surface area (Å²) in [6.07, 6.45) is 1.97. The van der Waals surface area contributed by atoms with Crippen LogP contribution in [0.15, 0.2) is 0 Å². The SMILES string of the molecule is CCC(CC)NC(=O)COC(=O)CCCN1C(=O)NC(C)(C)C1=O. The second-order valence-corrected chi connectivity index (χ2v) is 6.36. The maximum Gasteiger partial charge on any atom is 0.325 e. The number of amides is 4. The minimum absolute atomic E-state index is 0.0375. The van der Waals surface area contributed by atoms with Gasteiger partial charge >= 0.3 is 12.0 Å². The van der Waals surface area contributed by atoms with E-state index in [1.54, 1.807) is 13.8 Å². The molecular formula is C16H27N3O5. The van der Waals surface area contributed by atoms with E-state index in [2.05, 4.69) is 10.6 Å². The number of urea groups is 1. The summed E-state index contributed by atoms with van der Waals surface area (Å²) < 4.78 is 4.90. The van der Waals surface area contributed by atoms with E-state index in [4.69, 9.17) is 4.74 Å². The highest BCUT2D eigenvalue weighted by atomic mass is 16.5. The van der Waals surface area contributed by atoms with Crippen molar-refractivity contribution >= 4 is 23.8 Å². The van der Waals surface area contributed by atoms with Crippen LogP contribution in [-0.4, -0.2) is 53.4 Å². The van der Waals surface area contributed by atoms with Crippen LogP contribution in [0.4, 0.5) is 4.79 Å². The van der Waals surface area contributed by atoms with Gasteiger partial charge in [-0.25, -0.2) is 4.79 Å². The normalized spacial score (nSPS) is 16.3. The molecule has 0 aliphatic carbocycles. The molecule has 1 fully saturated rings. The molecule has 4 amide bonds. The number of nitrogens with zero attached hydrogens (tertiary/aromatic N) is 1. The fourth-order valence-corrected chi connectivity index (χ4v) is 2.38. The lowest BCUT2D eigenvalue weighted by atomic mass is 10.1. The second kappa shape index (κ2) is 8.65. The topological polar surface area (TPSA) is 105 Å². The van der Waals surface area contributed by atoms with Gasteiger partial charge < -0.3 is 15.4 Å². The van der Waals surface area contributed by atoms with E-state index in [1.165, 1.54) is 0 Å². The second-order valence-electron chi connectivity index (χ2n) is 6.36. The highest BCUT2D eigenvalue weighted by molar-refractivity contribution is 6.06. The first kappa shape index (κ1) is 19.9. The van der Waals surface area contributed by atoms with Gasteiger partial charge in [0.25, 0.3) is 11.8 Å². The number of carbonyl (C=O) groups is 4. The summed E-state index contributed by atoms with van der Waals surface area (Å²) in [6.45, 7) is 7.02. The van der Waals surface area contributed by atoms with Gasteiger partial charge in [-0.3, -0.25) is 19.3 Å². The van der Waals surface area contributed by atoms with Crippen molar-refractivity contribution < 1.29 is 23.9 Å². The third-order valence-corrected chi connectivity index (χ3v) is 3.92. The monoisotopic (exact) mass is 341 g/mol. The molecule has 2 N–H and O–H groups in total. The van der Waals surface area contributed by atoms with Gasteiger partial charge in [-0.2, -0.15) is 0 Å². The van der Waals surface area contributed by atoms with E-state index in [-0.39, 0.29) is 37.4 Å². The molecular weight excluding hydrogens is 314 g/mol. The molecule has 0 aromatic heterocycles. The van der Waals surface area contributed by atoms with Gasteiger partial charge in [0.2, 0.25) is 0 Å². The molecule has 0 aromatic carbocycles. The quantitative estimate of drug-likeness (QED) is 0.480. The van der Waals surface area contributed by atoms with Gasteiger partial charge in [-0.05, 0) is 33.1 Å². The molecule has 0 saturated carbocycles. The van der Waals surface area contributed by atoms with Crippen molar-refractivity contribution in [1.82, 2.24) is 15.5 Å². The van der Waals surface area contributed by atoms with Crippen molar-refractivity contribution in [2.24, 2.45) is 0 Å². The maximum absolute atomic E-state index is 12.0. The Morgan fingerprint density at radius 1 is 1.25 bits per heavy atom. The molecule has 1 aliphatic heterocycles. The average molecular weight is 341 g/mol. The first-order valence-electron chi connectivity index (χ1n) is 8.30. The number of hydrogen-bond donors (Lipinski definition) is 2. The van der Waals surface area contributed by atoms with Crippen LogP contribution < -0.4 is 10.6 Å². The van der Waals surface area contributed by atoms with Gasteiger partial charge in [0.1, 0.15) is 5.54 Å². The zero-order valence-corrected chi connectivity index (χ0v) is 14.8. The van der Waals surface area contributed by atoms with Crippen molar-refractivity contribution in [2.75, 3.05) is 13.2 Å². The molecule has 8 heteroatoms. The molecule has 0 atom stereocenters. The molecule has 24 heavy (non-hydrogen) atoms. The molecule has 1 saturated heterocycles. The first-order valence-corrected chi connectivity index (χ1v) is 8.30. The van der Waals surface area contributed by atoms with Crippen LogP contribution in [0.25, 0.3) is 0 Å². The number of nitrogens with one attached hydrogen (secondary N) is 2. The number of imide groups is 1. The lowest BCUT2D eigenvalue weighted by Gasteiger charge is -2.16. The van der Waals surface area contributed by atoms with Crippen LogP contribution in [0.3, 0.4) is 0 Å². The van der Waals surface area contributed by atoms with Gasteiger partial charge in [0.05, 0.1) is 0 Å². The molecule has 0 spiro atoms. The minimum atomic E-state index is -0.912. The van der Waals surface area contributed by atoms with Gasteiger partial charge in [0, 0.05) is 19.0 Å². The Labute approximate surface area is 142 Å². The van der Waals surface area contributed by atoms with E-state index in [1.807, 2.05) is 13.8 Å². The van der Waals surface area contributed by atoms with Crippen molar-refractivity contribution in [1.29, 1.82) is 0 Å². The predicted molar refractivity (Wildman–Crippen MR) is 87.0 cm³/mol. The molecule has 0 radical (unpaired) electrons. The van der Waals surface area contributed by atoms with E-state index in [0.29, 0.717) is 6.42 Å². The van der Waals surface area contributed by atoms with E-state index < -0.39 is 17.5 Å². The molecule has 8 nitrogen and oxygen atoms in total.